The van der Waals surface area contributed by atoms with Crippen molar-refractivity contribution in [2.24, 2.45) is 5.41 Å². The number of hydrogen-bond donors (Lipinski definition) is 1. The lowest BCUT2D eigenvalue weighted by molar-refractivity contribution is -0.0454. The molecule has 1 saturated carbocycles. The van der Waals surface area contributed by atoms with Crippen molar-refractivity contribution < 1.29 is 9.50 Å². The molecule has 27 heavy (non-hydrogen) atoms. The molecular weight excluding hydrogens is 339 g/mol. The Morgan fingerprint density at radius 2 is 1.81 bits per heavy atom. The second-order valence-electron chi connectivity index (χ2n) is 7.85. The number of hydrogen-bond acceptors (Lipinski definition) is 2. The zero-order valence-corrected chi connectivity index (χ0v) is 15.2. The van der Waals surface area contributed by atoms with E-state index >= 15 is 0 Å². The standard InChI is InChI=1S/C23H21FN2O/c1-22-14-16-15-25-26(20-9-7-19(24)8-10-20)21(16)13-18(22)11-12-23(22,27)17-5-3-2-4-6-17/h2-10,13,15,27H,11-12,14H2,1H3/t22-,23+/m0/s1. The van der Waals surface area contributed by atoms with Crippen molar-refractivity contribution in [1.29, 1.82) is 0 Å². The highest BCUT2D eigenvalue weighted by molar-refractivity contribution is 5.63. The molecule has 0 spiro atoms. The van der Waals surface area contributed by atoms with Crippen LogP contribution in [-0.4, -0.2) is 14.9 Å². The van der Waals surface area contributed by atoms with E-state index in [0.717, 1.165) is 35.3 Å². The monoisotopic (exact) mass is 360 g/mol. The molecule has 0 radical (unpaired) electrons. The smallest absolute Gasteiger partial charge is 0.123 e. The van der Waals surface area contributed by atoms with Crippen molar-refractivity contribution in [3.8, 4) is 5.69 Å². The lowest BCUT2D eigenvalue weighted by Gasteiger charge is -2.42. The Hall–Kier alpha value is -2.72. The zero-order valence-electron chi connectivity index (χ0n) is 15.2. The Labute approximate surface area is 157 Å². The average Bonchev–Trinajstić information content (AvgIpc) is 3.20. The highest BCUT2D eigenvalue weighted by Crippen LogP contribution is 2.59. The molecule has 1 aromatic heterocycles. The lowest BCUT2D eigenvalue weighted by Crippen LogP contribution is -2.42. The van der Waals surface area contributed by atoms with Gasteiger partial charge >= 0.3 is 0 Å². The van der Waals surface area contributed by atoms with Gasteiger partial charge in [-0.2, -0.15) is 5.10 Å². The Balaban J connectivity index is 1.60. The quantitative estimate of drug-likeness (QED) is 0.723. The fourth-order valence-electron chi connectivity index (χ4n) is 4.82. The lowest BCUT2D eigenvalue weighted by atomic mass is 9.65. The van der Waals surface area contributed by atoms with Gasteiger partial charge in [0, 0.05) is 5.41 Å². The van der Waals surface area contributed by atoms with Gasteiger partial charge in [-0.05, 0) is 60.7 Å². The third-order valence-corrected chi connectivity index (χ3v) is 6.44. The van der Waals surface area contributed by atoms with E-state index in [1.165, 1.54) is 17.7 Å². The second kappa shape index (κ2) is 5.64. The van der Waals surface area contributed by atoms with Gasteiger partial charge in [0.2, 0.25) is 0 Å². The largest absolute Gasteiger partial charge is 0.384 e. The van der Waals surface area contributed by atoms with Crippen molar-refractivity contribution in [2.45, 2.75) is 31.8 Å². The van der Waals surface area contributed by atoms with Crippen molar-refractivity contribution in [3.05, 3.63) is 89.0 Å². The first kappa shape index (κ1) is 16.5. The molecule has 5 rings (SSSR count). The van der Waals surface area contributed by atoms with Crippen LogP contribution in [0.4, 0.5) is 4.39 Å². The summed E-state index contributed by atoms with van der Waals surface area (Å²) in [6.45, 7) is 2.16. The SMILES string of the molecule is C[C@]12Cc3cnn(-c4ccc(F)cc4)c3C=C1CC[C@@]2(O)c1ccccc1. The van der Waals surface area contributed by atoms with Crippen molar-refractivity contribution >= 4 is 6.08 Å². The number of rotatable bonds is 2. The maximum Gasteiger partial charge on any atom is 0.123 e. The third-order valence-electron chi connectivity index (χ3n) is 6.44. The first-order valence-electron chi connectivity index (χ1n) is 9.33. The van der Waals surface area contributed by atoms with Crippen LogP contribution in [0.2, 0.25) is 0 Å². The van der Waals surface area contributed by atoms with E-state index in [-0.39, 0.29) is 11.2 Å². The average molecular weight is 360 g/mol. The van der Waals surface area contributed by atoms with Crippen LogP contribution in [0.5, 0.6) is 0 Å². The minimum atomic E-state index is -0.879. The summed E-state index contributed by atoms with van der Waals surface area (Å²) in [7, 11) is 0. The topological polar surface area (TPSA) is 38.0 Å². The summed E-state index contributed by atoms with van der Waals surface area (Å²) >= 11 is 0. The summed E-state index contributed by atoms with van der Waals surface area (Å²) in [4.78, 5) is 0. The summed E-state index contributed by atoms with van der Waals surface area (Å²) in [5, 5.41) is 16.2. The van der Waals surface area contributed by atoms with E-state index in [0.29, 0.717) is 6.42 Å². The predicted molar refractivity (Wildman–Crippen MR) is 103 cm³/mol. The molecule has 2 aromatic carbocycles. The first-order chi connectivity index (χ1) is 13.0. The normalized spacial score (nSPS) is 26.4. The molecule has 0 saturated heterocycles. The molecule has 4 heteroatoms. The van der Waals surface area contributed by atoms with Crippen LogP contribution in [0.25, 0.3) is 11.8 Å². The Bertz CT molecular complexity index is 1040. The van der Waals surface area contributed by atoms with Crippen molar-refractivity contribution in [2.75, 3.05) is 0 Å². The number of aliphatic hydroxyl groups is 1. The van der Waals surface area contributed by atoms with Crippen LogP contribution >= 0.6 is 0 Å². The summed E-state index contributed by atoms with van der Waals surface area (Å²) in [5.41, 5.74) is 3.99. The number of nitrogens with zero attached hydrogens (tertiary/aromatic N) is 2. The number of fused-ring (bicyclic) bond motifs is 2. The number of aromatic nitrogens is 2. The van der Waals surface area contributed by atoms with Crippen LogP contribution in [0, 0.1) is 11.2 Å². The molecule has 3 aromatic rings. The fourth-order valence-corrected chi connectivity index (χ4v) is 4.82. The van der Waals surface area contributed by atoms with Gasteiger partial charge in [0.1, 0.15) is 5.82 Å². The van der Waals surface area contributed by atoms with Crippen molar-refractivity contribution in [1.82, 2.24) is 9.78 Å². The molecule has 1 N–H and O–H groups in total. The molecule has 0 amide bonds. The maximum atomic E-state index is 13.3. The summed E-state index contributed by atoms with van der Waals surface area (Å²) in [6, 6.07) is 16.4. The van der Waals surface area contributed by atoms with E-state index < -0.39 is 5.60 Å². The molecular formula is C23H21FN2O. The maximum absolute atomic E-state index is 13.3. The van der Waals surface area contributed by atoms with Gasteiger partial charge in [0.05, 0.1) is 23.2 Å². The fraction of sp³-hybridized carbons (Fsp3) is 0.261. The van der Waals surface area contributed by atoms with Gasteiger partial charge in [-0.3, -0.25) is 0 Å². The number of halogens is 1. The van der Waals surface area contributed by atoms with E-state index in [9.17, 15) is 9.50 Å². The predicted octanol–water partition coefficient (Wildman–Crippen LogP) is 4.64. The Morgan fingerprint density at radius 1 is 1.07 bits per heavy atom. The van der Waals surface area contributed by atoms with E-state index in [1.54, 1.807) is 12.1 Å². The second-order valence-corrected chi connectivity index (χ2v) is 7.85. The first-order valence-corrected chi connectivity index (χ1v) is 9.33. The highest BCUT2D eigenvalue weighted by atomic mass is 19.1. The number of benzene rings is 2. The molecule has 0 aliphatic heterocycles. The van der Waals surface area contributed by atoms with Gasteiger partial charge in [-0.25, -0.2) is 9.07 Å². The van der Waals surface area contributed by atoms with Gasteiger partial charge in [-0.15, -0.1) is 0 Å². The van der Waals surface area contributed by atoms with Crippen molar-refractivity contribution in [3.63, 3.8) is 0 Å². The van der Waals surface area contributed by atoms with Gasteiger partial charge < -0.3 is 5.11 Å². The Morgan fingerprint density at radius 3 is 2.56 bits per heavy atom. The van der Waals surface area contributed by atoms with E-state index in [2.05, 4.69) is 18.1 Å². The molecule has 3 nitrogen and oxygen atoms in total. The van der Waals surface area contributed by atoms with E-state index in [1.807, 2.05) is 41.2 Å². The van der Waals surface area contributed by atoms with Gasteiger partial charge in [0.25, 0.3) is 0 Å². The summed E-state index contributed by atoms with van der Waals surface area (Å²) < 4.78 is 15.1. The van der Waals surface area contributed by atoms with Gasteiger partial charge in [-0.1, -0.05) is 42.8 Å². The molecule has 1 fully saturated rings. The molecule has 136 valence electrons. The molecule has 1 heterocycles. The molecule has 0 unspecified atom stereocenters. The third kappa shape index (κ3) is 2.26. The van der Waals surface area contributed by atoms with Crippen LogP contribution in [0.3, 0.4) is 0 Å². The Kier molecular flexibility index (Phi) is 3.43. The molecule has 2 aliphatic carbocycles. The van der Waals surface area contributed by atoms with E-state index in [4.69, 9.17) is 0 Å². The highest BCUT2D eigenvalue weighted by Gasteiger charge is 2.56. The molecule has 0 bridgehead atoms. The summed E-state index contributed by atoms with van der Waals surface area (Å²) in [5.74, 6) is -0.255. The van der Waals surface area contributed by atoms with Crippen LogP contribution in [0.1, 0.15) is 36.6 Å². The van der Waals surface area contributed by atoms with Crippen LogP contribution in [0.15, 0.2) is 66.4 Å². The van der Waals surface area contributed by atoms with Gasteiger partial charge in [0.15, 0.2) is 0 Å². The molecule has 2 atom stereocenters. The summed E-state index contributed by atoms with van der Waals surface area (Å²) in [6.07, 6.45) is 6.36. The molecule has 2 aliphatic rings. The minimum absolute atomic E-state index is 0.255. The van der Waals surface area contributed by atoms with Crippen LogP contribution < -0.4 is 0 Å². The minimum Gasteiger partial charge on any atom is -0.384 e. The zero-order chi connectivity index (χ0) is 18.6. The van der Waals surface area contributed by atoms with Crippen LogP contribution in [-0.2, 0) is 12.0 Å².